The molecule has 0 saturated heterocycles. The number of hydrogen-bond acceptors (Lipinski definition) is 7. The largest absolute Gasteiger partial charge is 0.493 e. The molecule has 9 nitrogen and oxygen atoms in total. The third-order valence-corrected chi connectivity index (χ3v) is 3.88. The maximum Gasteiger partial charge on any atom is 0.251 e. The zero-order valence-corrected chi connectivity index (χ0v) is 14.9. The predicted molar refractivity (Wildman–Crippen MR) is 97.3 cm³/mol. The Morgan fingerprint density at radius 1 is 1.15 bits per heavy atom. The molecule has 0 radical (unpaired) electrons. The summed E-state index contributed by atoms with van der Waals surface area (Å²) in [6, 6.07) is 10.2. The van der Waals surface area contributed by atoms with E-state index in [-0.39, 0.29) is 19.1 Å². The first-order valence-corrected chi connectivity index (χ1v) is 8.23. The van der Waals surface area contributed by atoms with Gasteiger partial charge in [-0.2, -0.15) is 15.4 Å². The Kier molecular flexibility index (Phi) is 5.72. The molecule has 3 N–H and O–H groups in total. The van der Waals surface area contributed by atoms with Crippen molar-refractivity contribution in [2.45, 2.75) is 6.10 Å². The molecule has 3 aromatic rings. The summed E-state index contributed by atoms with van der Waals surface area (Å²) in [7, 11) is 3.04. The molecule has 0 aliphatic rings. The number of rotatable bonds is 8. The number of aromatic nitrogens is 3. The van der Waals surface area contributed by atoms with E-state index in [2.05, 4.69) is 20.7 Å². The number of para-hydroxylation sites is 1. The van der Waals surface area contributed by atoms with E-state index < -0.39 is 6.10 Å². The highest BCUT2D eigenvalue weighted by molar-refractivity contribution is 5.97. The maximum atomic E-state index is 12.2. The van der Waals surface area contributed by atoms with Gasteiger partial charge < -0.3 is 24.6 Å². The van der Waals surface area contributed by atoms with Crippen molar-refractivity contribution < 1.29 is 24.1 Å². The lowest BCUT2D eigenvalue weighted by atomic mass is 10.2. The number of carbonyl (C=O) groups excluding carboxylic acids is 1. The first-order valence-electron chi connectivity index (χ1n) is 8.23. The molecule has 1 aromatic heterocycles. The monoisotopic (exact) mass is 372 g/mol. The Morgan fingerprint density at radius 2 is 1.85 bits per heavy atom. The number of methoxy groups -OCH3 is 2. The fraction of sp³-hybridized carbons (Fsp3) is 0.278. The maximum absolute atomic E-state index is 12.2. The number of hydrogen-bond donors (Lipinski definition) is 3. The first-order chi connectivity index (χ1) is 13.1. The van der Waals surface area contributed by atoms with Gasteiger partial charge in [0.25, 0.3) is 5.91 Å². The van der Waals surface area contributed by atoms with Gasteiger partial charge in [-0.3, -0.25) is 4.79 Å². The SMILES string of the molecule is COc1cccc(OC)c1OCC(O)CNC(=O)c1ccc2n[nH]nc2c1. The number of benzene rings is 2. The minimum atomic E-state index is -0.917. The number of ether oxygens (including phenoxy) is 3. The third kappa shape index (κ3) is 4.26. The van der Waals surface area contributed by atoms with Gasteiger partial charge in [0.1, 0.15) is 23.7 Å². The Balaban J connectivity index is 1.55. The molecule has 1 heterocycles. The number of nitrogens with one attached hydrogen (secondary N) is 2. The Hall–Kier alpha value is -3.33. The van der Waals surface area contributed by atoms with Crippen molar-refractivity contribution in [2.24, 2.45) is 0 Å². The summed E-state index contributed by atoms with van der Waals surface area (Å²) in [6.45, 7) is -0.0213. The summed E-state index contributed by atoms with van der Waals surface area (Å²) in [4.78, 5) is 12.2. The molecule has 3 rings (SSSR count). The molecule has 0 spiro atoms. The number of H-pyrrole nitrogens is 1. The summed E-state index contributed by atoms with van der Waals surface area (Å²) in [5, 5.41) is 23.2. The summed E-state index contributed by atoms with van der Waals surface area (Å²) >= 11 is 0. The lowest BCUT2D eigenvalue weighted by Crippen LogP contribution is -2.35. The highest BCUT2D eigenvalue weighted by Crippen LogP contribution is 2.36. The number of amides is 1. The lowest BCUT2D eigenvalue weighted by molar-refractivity contribution is 0.0834. The van der Waals surface area contributed by atoms with Gasteiger partial charge in [-0.15, -0.1) is 0 Å². The summed E-state index contributed by atoms with van der Waals surface area (Å²) in [6.07, 6.45) is -0.917. The zero-order valence-electron chi connectivity index (χ0n) is 14.9. The van der Waals surface area contributed by atoms with Crippen LogP contribution in [0.1, 0.15) is 10.4 Å². The molecule has 1 atom stereocenters. The minimum absolute atomic E-state index is 0.0210. The molecule has 0 bridgehead atoms. The Labute approximate surface area is 155 Å². The van der Waals surface area contributed by atoms with E-state index >= 15 is 0 Å². The number of aromatic amines is 1. The van der Waals surface area contributed by atoms with Crippen molar-refractivity contribution in [2.75, 3.05) is 27.4 Å². The van der Waals surface area contributed by atoms with Gasteiger partial charge in [0, 0.05) is 12.1 Å². The van der Waals surface area contributed by atoms with Gasteiger partial charge in [-0.25, -0.2) is 0 Å². The van der Waals surface area contributed by atoms with E-state index in [1.54, 1.807) is 36.4 Å². The lowest BCUT2D eigenvalue weighted by Gasteiger charge is -2.17. The normalized spacial score (nSPS) is 11.8. The van der Waals surface area contributed by atoms with Crippen molar-refractivity contribution >= 4 is 16.9 Å². The van der Waals surface area contributed by atoms with Crippen LogP contribution in [0, 0.1) is 0 Å². The smallest absolute Gasteiger partial charge is 0.251 e. The molecule has 1 unspecified atom stereocenters. The van der Waals surface area contributed by atoms with Crippen molar-refractivity contribution in [3.05, 3.63) is 42.0 Å². The molecule has 0 saturated carbocycles. The molecular formula is C18H20N4O5. The Bertz CT molecular complexity index is 905. The van der Waals surface area contributed by atoms with E-state index in [1.807, 2.05) is 0 Å². The van der Waals surface area contributed by atoms with E-state index in [9.17, 15) is 9.90 Å². The quantitative estimate of drug-likeness (QED) is 0.543. The fourth-order valence-electron chi connectivity index (χ4n) is 2.49. The van der Waals surface area contributed by atoms with Crippen LogP contribution in [0.25, 0.3) is 11.0 Å². The average molecular weight is 372 g/mol. The van der Waals surface area contributed by atoms with Crippen LogP contribution in [-0.2, 0) is 0 Å². The summed E-state index contributed by atoms with van der Waals surface area (Å²) in [5.74, 6) is 1.05. The first kappa shape index (κ1) is 18.5. The van der Waals surface area contributed by atoms with E-state index in [0.29, 0.717) is 33.8 Å². The van der Waals surface area contributed by atoms with Gasteiger partial charge in [0.15, 0.2) is 11.5 Å². The second-order valence-corrected chi connectivity index (χ2v) is 5.69. The average Bonchev–Trinajstić information content (AvgIpc) is 3.17. The molecule has 0 fully saturated rings. The molecule has 2 aromatic carbocycles. The fourth-order valence-corrected chi connectivity index (χ4v) is 2.49. The number of nitrogens with zero attached hydrogens (tertiary/aromatic N) is 2. The van der Waals surface area contributed by atoms with Gasteiger partial charge in [-0.05, 0) is 30.3 Å². The van der Waals surface area contributed by atoms with Crippen molar-refractivity contribution in [3.8, 4) is 17.2 Å². The van der Waals surface area contributed by atoms with Crippen LogP contribution in [0.4, 0.5) is 0 Å². The minimum Gasteiger partial charge on any atom is -0.493 e. The van der Waals surface area contributed by atoms with Crippen LogP contribution in [0.2, 0.25) is 0 Å². The molecule has 9 heteroatoms. The molecule has 1 amide bonds. The van der Waals surface area contributed by atoms with Crippen LogP contribution >= 0.6 is 0 Å². The third-order valence-electron chi connectivity index (χ3n) is 3.88. The highest BCUT2D eigenvalue weighted by atomic mass is 16.5. The Morgan fingerprint density at radius 3 is 2.56 bits per heavy atom. The van der Waals surface area contributed by atoms with Crippen molar-refractivity contribution in [3.63, 3.8) is 0 Å². The molecular weight excluding hydrogens is 352 g/mol. The summed E-state index contributed by atoms with van der Waals surface area (Å²) in [5.41, 5.74) is 1.69. The molecule has 142 valence electrons. The van der Waals surface area contributed by atoms with Crippen molar-refractivity contribution in [1.29, 1.82) is 0 Å². The standard InChI is InChI=1S/C18H20N4O5/c1-25-15-4-3-5-16(26-2)17(15)27-10-12(23)9-19-18(24)11-6-7-13-14(8-11)21-22-20-13/h3-8,12,23H,9-10H2,1-2H3,(H,19,24)(H,20,21,22). The van der Waals surface area contributed by atoms with Gasteiger partial charge in [0.05, 0.1) is 14.2 Å². The topological polar surface area (TPSA) is 119 Å². The zero-order chi connectivity index (χ0) is 19.2. The highest BCUT2D eigenvalue weighted by Gasteiger charge is 2.15. The van der Waals surface area contributed by atoms with Crippen LogP contribution in [0.5, 0.6) is 17.2 Å². The van der Waals surface area contributed by atoms with E-state index in [1.165, 1.54) is 14.2 Å². The van der Waals surface area contributed by atoms with Crippen LogP contribution < -0.4 is 19.5 Å². The van der Waals surface area contributed by atoms with Gasteiger partial charge in [0.2, 0.25) is 5.75 Å². The second-order valence-electron chi connectivity index (χ2n) is 5.69. The van der Waals surface area contributed by atoms with E-state index in [4.69, 9.17) is 14.2 Å². The van der Waals surface area contributed by atoms with Gasteiger partial charge >= 0.3 is 0 Å². The number of carbonyl (C=O) groups is 1. The molecule has 0 aliphatic carbocycles. The van der Waals surface area contributed by atoms with Crippen LogP contribution in [0.15, 0.2) is 36.4 Å². The summed E-state index contributed by atoms with van der Waals surface area (Å²) < 4.78 is 16.1. The van der Waals surface area contributed by atoms with E-state index in [0.717, 1.165) is 0 Å². The van der Waals surface area contributed by atoms with Gasteiger partial charge in [-0.1, -0.05) is 6.07 Å². The predicted octanol–water partition coefficient (Wildman–Crippen LogP) is 1.14. The number of fused-ring (bicyclic) bond motifs is 1. The van der Waals surface area contributed by atoms with Crippen LogP contribution in [0.3, 0.4) is 0 Å². The second kappa shape index (κ2) is 8.37. The van der Waals surface area contributed by atoms with Crippen LogP contribution in [-0.4, -0.2) is 59.9 Å². The number of aliphatic hydroxyl groups excluding tert-OH is 1. The number of aliphatic hydroxyl groups is 1. The van der Waals surface area contributed by atoms with Crippen molar-refractivity contribution in [1.82, 2.24) is 20.7 Å². The molecule has 27 heavy (non-hydrogen) atoms. The molecule has 0 aliphatic heterocycles.